The number of hydrogen-bond acceptors (Lipinski definition) is 5. The minimum absolute atomic E-state index is 0.0106. The number of carbonyl (C=O) groups is 1. The van der Waals surface area contributed by atoms with Crippen molar-refractivity contribution in [3.8, 4) is 5.75 Å². The van der Waals surface area contributed by atoms with Crippen molar-refractivity contribution < 1.29 is 9.53 Å². The summed E-state index contributed by atoms with van der Waals surface area (Å²) < 4.78 is 7.08. The topological polar surface area (TPSA) is 67.7 Å². The number of benzene rings is 2. The Labute approximate surface area is 194 Å². The molecule has 33 heavy (non-hydrogen) atoms. The van der Waals surface area contributed by atoms with E-state index < -0.39 is 0 Å². The minimum Gasteiger partial charge on any atom is -0.497 e. The second kappa shape index (κ2) is 9.75. The quantitative estimate of drug-likeness (QED) is 0.575. The van der Waals surface area contributed by atoms with Crippen molar-refractivity contribution in [1.82, 2.24) is 19.4 Å². The third-order valence-corrected chi connectivity index (χ3v) is 6.57. The van der Waals surface area contributed by atoms with Gasteiger partial charge < -0.3 is 9.64 Å². The summed E-state index contributed by atoms with van der Waals surface area (Å²) in [6.45, 7) is 8.85. The molecule has 0 aliphatic carbocycles. The average molecular weight is 449 g/mol. The van der Waals surface area contributed by atoms with Gasteiger partial charge >= 0.3 is 0 Å². The van der Waals surface area contributed by atoms with Crippen molar-refractivity contribution >= 4 is 16.8 Å². The fraction of sp³-hybridized carbons (Fsp3) is 0.423. The van der Waals surface area contributed by atoms with E-state index in [1.807, 2.05) is 54.3 Å². The Balaban J connectivity index is 1.59. The molecule has 2 heterocycles. The van der Waals surface area contributed by atoms with Crippen molar-refractivity contribution in [2.75, 3.05) is 26.7 Å². The third kappa shape index (κ3) is 4.37. The molecule has 2 atom stereocenters. The lowest BCUT2D eigenvalue weighted by molar-refractivity contribution is 0.0361. The highest BCUT2D eigenvalue weighted by Crippen LogP contribution is 2.27. The van der Waals surface area contributed by atoms with Gasteiger partial charge in [-0.25, -0.2) is 4.98 Å². The summed E-state index contributed by atoms with van der Waals surface area (Å²) in [6.07, 6.45) is 0.835. The van der Waals surface area contributed by atoms with Crippen LogP contribution < -0.4 is 10.3 Å². The Kier molecular flexibility index (Phi) is 6.79. The summed E-state index contributed by atoms with van der Waals surface area (Å²) >= 11 is 0. The van der Waals surface area contributed by atoms with Gasteiger partial charge in [-0.1, -0.05) is 25.1 Å². The smallest absolute Gasteiger partial charge is 0.261 e. The standard InChI is InChI=1S/C26H32N4O3/c1-5-23(24-27-22-13-8-7-12-21(22)26(32)29(24)6-2)28-14-15-30(18(3)17-28)25(31)19-10-9-11-20(16-19)33-4/h7-13,16,18,23H,5-6,14-15,17H2,1-4H3. The lowest BCUT2D eigenvalue weighted by Crippen LogP contribution is -2.55. The number of hydrogen-bond donors (Lipinski definition) is 0. The van der Waals surface area contributed by atoms with Gasteiger partial charge in [-0.3, -0.25) is 19.1 Å². The Morgan fingerprint density at radius 1 is 1.15 bits per heavy atom. The first kappa shape index (κ1) is 23.0. The SMILES string of the molecule is CCC(c1nc2ccccc2c(=O)n1CC)N1CCN(C(=O)c2cccc(OC)c2)C(C)C1. The predicted octanol–water partition coefficient (Wildman–Crippen LogP) is 3.72. The van der Waals surface area contributed by atoms with Crippen molar-refractivity contribution in [2.45, 2.75) is 45.8 Å². The minimum atomic E-state index is 0.0106. The highest BCUT2D eigenvalue weighted by Gasteiger charge is 2.33. The second-order valence-electron chi connectivity index (χ2n) is 8.54. The number of rotatable bonds is 6. The van der Waals surface area contributed by atoms with E-state index in [0.29, 0.717) is 29.8 Å². The first-order valence-electron chi connectivity index (χ1n) is 11.7. The molecule has 0 radical (unpaired) electrons. The molecule has 1 aliphatic heterocycles. The van der Waals surface area contributed by atoms with Gasteiger partial charge in [-0.05, 0) is 50.6 Å². The summed E-state index contributed by atoms with van der Waals surface area (Å²) in [7, 11) is 1.60. The summed E-state index contributed by atoms with van der Waals surface area (Å²) in [5.41, 5.74) is 1.38. The maximum Gasteiger partial charge on any atom is 0.261 e. The molecule has 0 saturated carbocycles. The summed E-state index contributed by atoms with van der Waals surface area (Å²) in [5.74, 6) is 1.50. The van der Waals surface area contributed by atoms with E-state index in [4.69, 9.17) is 9.72 Å². The number of para-hydroxylation sites is 1. The number of carbonyl (C=O) groups excluding carboxylic acids is 1. The summed E-state index contributed by atoms with van der Waals surface area (Å²) in [6, 6.07) is 14.9. The van der Waals surface area contributed by atoms with E-state index in [-0.39, 0.29) is 23.6 Å². The van der Waals surface area contributed by atoms with Crippen LogP contribution in [0, 0.1) is 0 Å². The zero-order chi connectivity index (χ0) is 23.5. The molecule has 174 valence electrons. The van der Waals surface area contributed by atoms with Crippen LogP contribution in [-0.4, -0.2) is 58.0 Å². The molecule has 7 nitrogen and oxygen atoms in total. The van der Waals surface area contributed by atoms with E-state index in [0.717, 1.165) is 30.9 Å². The van der Waals surface area contributed by atoms with Crippen LogP contribution in [0.4, 0.5) is 0 Å². The van der Waals surface area contributed by atoms with Crippen LogP contribution >= 0.6 is 0 Å². The molecule has 0 spiro atoms. The molecule has 2 unspecified atom stereocenters. The van der Waals surface area contributed by atoms with Gasteiger partial charge in [0.25, 0.3) is 11.5 Å². The van der Waals surface area contributed by atoms with Gasteiger partial charge in [0.05, 0.1) is 24.1 Å². The molecule has 4 rings (SSSR count). The van der Waals surface area contributed by atoms with Crippen LogP contribution in [0.15, 0.2) is 53.3 Å². The number of amides is 1. The number of aromatic nitrogens is 2. The molecule has 0 N–H and O–H groups in total. The Hall–Kier alpha value is -3.19. The maximum atomic E-state index is 13.2. The van der Waals surface area contributed by atoms with E-state index in [9.17, 15) is 9.59 Å². The first-order valence-corrected chi connectivity index (χ1v) is 11.7. The highest BCUT2D eigenvalue weighted by molar-refractivity contribution is 5.95. The molecule has 1 amide bonds. The number of piperazine rings is 1. The Bertz CT molecular complexity index is 1210. The van der Waals surface area contributed by atoms with Gasteiger partial charge in [0, 0.05) is 37.8 Å². The van der Waals surface area contributed by atoms with Crippen molar-refractivity contribution in [2.24, 2.45) is 0 Å². The van der Waals surface area contributed by atoms with Crippen LogP contribution in [0.25, 0.3) is 10.9 Å². The molecule has 3 aromatic rings. The predicted molar refractivity (Wildman–Crippen MR) is 130 cm³/mol. The van der Waals surface area contributed by atoms with Gasteiger partial charge in [0.2, 0.25) is 0 Å². The molecule has 2 aromatic carbocycles. The number of nitrogens with zero attached hydrogens (tertiary/aromatic N) is 4. The summed E-state index contributed by atoms with van der Waals surface area (Å²) in [4.78, 5) is 35.5. The van der Waals surface area contributed by atoms with E-state index in [2.05, 4.69) is 18.7 Å². The first-order chi connectivity index (χ1) is 16.0. The van der Waals surface area contributed by atoms with Crippen molar-refractivity contribution in [1.29, 1.82) is 0 Å². The molecular formula is C26H32N4O3. The Morgan fingerprint density at radius 2 is 1.94 bits per heavy atom. The highest BCUT2D eigenvalue weighted by atomic mass is 16.5. The van der Waals surface area contributed by atoms with Gasteiger partial charge in [-0.15, -0.1) is 0 Å². The normalized spacial score (nSPS) is 17.8. The molecule has 7 heteroatoms. The molecule has 1 aliphatic rings. The van der Waals surface area contributed by atoms with Gasteiger partial charge in [0.1, 0.15) is 11.6 Å². The molecule has 1 fully saturated rings. The van der Waals surface area contributed by atoms with Gasteiger partial charge in [-0.2, -0.15) is 0 Å². The lowest BCUT2D eigenvalue weighted by Gasteiger charge is -2.43. The molecular weight excluding hydrogens is 416 g/mol. The fourth-order valence-electron chi connectivity index (χ4n) is 4.84. The zero-order valence-electron chi connectivity index (χ0n) is 19.8. The van der Waals surface area contributed by atoms with Crippen LogP contribution in [0.2, 0.25) is 0 Å². The van der Waals surface area contributed by atoms with Crippen molar-refractivity contribution in [3.05, 3.63) is 70.3 Å². The van der Waals surface area contributed by atoms with Crippen LogP contribution in [-0.2, 0) is 6.54 Å². The van der Waals surface area contributed by atoms with Crippen molar-refractivity contribution in [3.63, 3.8) is 0 Å². The molecule has 0 bridgehead atoms. The number of ether oxygens (including phenoxy) is 1. The molecule has 1 aromatic heterocycles. The largest absolute Gasteiger partial charge is 0.497 e. The van der Waals surface area contributed by atoms with E-state index in [1.165, 1.54) is 0 Å². The summed E-state index contributed by atoms with van der Waals surface area (Å²) in [5, 5.41) is 0.653. The fourth-order valence-corrected chi connectivity index (χ4v) is 4.84. The monoisotopic (exact) mass is 448 g/mol. The number of fused-ring (bicyclic) bond motifs is 1. The van der Waals surface area contributed by atoms with Crippen LogP contribution in [0.5, 0.6) is 5.75 Å². The van der Waals surface area contributed by atoms with E-state index in [1.54, 1.807) is 17.7 Å². The van der Waals surface area contributed by atoms with Crippen LogP contribution in [0.3, 0.4) is 0 Å². The Morgan fingerprint density at radius 3 is 2.64 bits per heavy atom. The molecule has 1 saturated heterocycles. The zero-order valence-corrected chi connectivity index (χ0v) is 19.8. The third-order valence-electron chi connectivity index (χ3n) is 6.57. The average Bonchev–Trinajstić information content (AvgIpc) is 2.84. The number of methoxy groups -OCH3 is 1. The van der Waals surface area contributed by atoms with E-state index >= 15 is 0 Å². The second-order valence-corrected chi connectivity index (χ2v) is 8.54. The van der Waals surface area contributed by atoms with Crippen LogP contribution in [0.1, 0.15) is 49.4 Å². The lowest BCUT2D eigenvalue weighted by atomic mass is 10.1. The van der Waals surface area contributed by atoms with Gasteiger partial charge in [0.15, 0.2) is 0 Å². The maximum absolute atomic E-state index is 13.2.